The first-order valence-electron chi connectivity index (χ1n) is 7.41. The number of carboxylic acid groups (broad SMARTS) is 1. The van der Waals surface area contributed by atoms with Crippen molar-refractivity contribution in [1.82, 2.24) is 15.1 Å². The maximum absolute atomic E-state index is 12.0. The number of rotatable bonds is 7. The Morgan fingerprint density at radius 1 is 1.25 bits per heavy atom. The highest BCUT2D eigenvalue weighted by atomic mass is 16.4. The van der Waals surface area contributed by atoms with Crippen LogP contribution in [0.15, 0.2) is 0 Å². The molecule has 0 radical (unpaired) electrons. The van der Waals surface area contributed by atoms with Crippen molar-refractivity contribution >= 4 is 12.0 Å². The van der Waals surface area contributed by atoms with E-state index in [4.69, 9.17) is 5.11 Å². The number of aliphatic carboxylic acids is 1. The van der Waals surface area contributed by atoms with Crippen LogP contribution in [0.2, 0.25) is 0 Å². The Hall–Kier alpha value is -1.30. The van der Waals surface area contributed by atoms with Gasteiger partial charge in [-0.1, -0.05) is 6.92 Å². The Labute approximate surface area is 121 Å². The van der Waals surface area contributed by atoms with Gasteiger partial charge < -0.3 is 15.3 Å². The van der Waals surface area contributed by atoms with E-state index >= 15 is 0 Å². The largest absolute Gasteiger partial charge is 0.480 e. The van der Waals surface area contributed by atoms with Gasteiger partial charge >= 0.3 is 12.0 Å². The van der Waals surface area contributed by atoms with Crippen LogP contribution in [0.1, 0.15) is 40.5 Å². The topological polar surface area (TPSA) is 72.9 Å². The first kappa shape index (κ1) is 16.8. The number of carbonyl (C=O) groups excluding carboxylic acids is 1. The molecule has 1 fully saturated rings. The number of hydrogen-bond donors (Lipinski definition) is 2. The molecule has 0 aromatic heterocycles. The maximum atomic E-state index is 12.0. The third kappa shape index (κ3) is 4.37. The normalized spacial score (nSPS) is 21.7. The molecule has 0 atom stereocenters. The van der Waals surface area contributed by atoms with Crippen molar-refractivity contribution in [3.63, 3.8) is 0 Å². The van der Waals surface area contributed by atoms with Crippen LogP contribution < -0.4 is 5.32 Å². The summed E-state index contributed by atoms with van der Waals surface area (Å²) in [4.78, 5) is 26.6. The van der Waals surface area contributed by atoms with Crippen molar-refractivity contribution in [3.05, 3.63) is 0 Å². The van der Waals surface area contributed by atoms with Gasteiger partial charge in [-0.25, -0.2) is 4.79 Å². The lowest BCUT2D eigenvalue weighted by atomic mass is 9.85. The Kier molecular flexibility index (Phi) is 6.26. The lowest BCUT2D eigenvalue weighted by Crippen LogP contribution is -2.57. The van der Waals surface area contributed by atoms with E-state index in [2.05, 4.69) is 5.32 Å². The molecule has 0 aromatic rings. The summed E-state index contributed by atoms with van der Waals surface area (Å²) in [7, 11) is 0. The number of hydrogen-bond acceptors (Lipinski definition) is 3. The van der Waals surface area contributed by atoms with E-state index in [0.29, 0.717) is 6.54 Å². The summed E-state index contributed by atoms with van der Waals surface area (Å²) in [5.41, 5.74) is 0. The second kappa shape index (κ2) is 7.47. The van der Waals surface area contributed by atoms with E-state index in [9.17, 15) is 9.59 Å². The van der Waals surface area contributed by atoms with Gasteiger partial charge in [-0.2, -0.15) is 0 Å². The third-order valence-corrected chi connectivity index (χ3v) is 3.93. The molecule has 0 aromatic carbocycles. The standard InChI is InChI=1S/C14H27N3O3/c1-5-16(9-13(18)19)12-7-11(8-12)15-14(20)17(6-2)10(3)4/h10-12H,5-9H2,1-4H3,(H,15,20)(H,18,19). The molecule has 1 aliphatic rings. The minimum absolute atomic E-state index is 0.0211. The van der Waals surface area contributed by atoms with Crippen molar-refractivity contribution in [1.29, 1.82) is 0 Å². The number of urea groups is 1. The fourth-order valence-electron chi connectivity index (χ4n) is 2.68. The van der Waals surface area contributed by atoms with E-state index in [-0.39, 0.29) is 30.7 Å². The zero-order chi connectivity index (χ0) is 15.3. The van der Waals surface area contributed by atoms with Gasteiger partial charge in [0.15, 0.2) is 0 Å². The molecule has 0 heterocycles. The Balaban J connectivity index is 2.37. The zero-order valence-electron chi connectivity index (χ0n) is 12.9. The van der Waals surface area contributed by atoms with Gasteiger partial charge in [0.25, 0.3) is 0 Å². The lowest BCUT2D eigenvalue weighted by molar-refractivity contribution is -0.139. The summed E-state index contributed by atoms with van der Waals surface area (Å²) in [5, 5.41) is 11.9. The number of amides is 2. The van der Waals surface area contributed by atoms with Gasteiger partial charge in [0.1, 0.15) is 0 Å². The van der Waals surface area contributed by atoms with Crippen molar-refractivity contribution < 1.29 is 14.7 Å². The van der Waals surface area contributed by atoms with Gasteiger partial charge in [0, 0.05) is 24.7 Å². The van der Waals surface area contributed by atoms with Crippen LogP contribution in [0.25, 0.3) is 0 Å². The van der Waals surface area contributed by atoms with Crippen LogP contribution in [0.5, 0.6) is 0 Å². The van der Waals surface area contributed by atoms with Gasteiger partial charge in [-0.05, 0) is 40.2 Å². The van der Waals surface area contributed by atoms with E-state index in [1.807, 2.05) is 32.6 Å². The summed E-state index contributed by atoms with van der Waals surface area (Å²) < 4.78 is 0. The van der Waals surface area contributed by atoms with Crippen LogP contribution in [0, 0.1) is 0 Å². The highest BCUT2D eigenvalue weighted by Gasteiger charge is 2.35. The molecule has 0 unspecified atom stereocenters. The number of nitrogens with one attached hydrogen (secondary N) is 1. The van der Waals surface area contributed by atoms with Gasteiger partial charge in [-0.15, -0.1) is 0 Å². The Bertz CT molecular complexity index is 341. The van der Waals surface area contributed by atoms with Gasteiger partial charge in [0.05, 0.1) is 6.54 Å². The average Bonchev–Trinajstić information content (AvgIpc) is 2.30. The molecule has 0 aliphatic heterocycles. The number of nitrogens with zero attached hydrogens (tertiary/aromatic N) is 2. The first-order valence-corrected chi connectivity index (χ1v) is 7.41. The van der Waals surface area contributed by atoms with Crippen molar-refractivity contribution in [2.75, 3.05) is 19.6 Å². The van der Waals surface area contributed by atoms with E-state index in [0.717, 1.165) is 19.4 Å². The van der Waals surface area contributed by atoms with Crippen molar-refractivity contribution in [2.24, 2.45) is 0 Å². The molecule has 116 valence electrons. The molecule has 0 spiro atoms. The first-order chi connectivity index (χ1) is 9.38. The SMILES string of the molecule is CCN(CC(=O)O)C1CC(NC(=O)N(CC)C(C)C)C1. The molecule has 0 saturated heterocycles. The summed E-state index contributed by atoms with van der Waals surface area (Å²) in [6.45, 7) is 9.43. The molecule has 1 saturated carbocycles. The number of carboxylic acids is 1. The zero-order valence-corrected chi connectivity index (χ0v) is 12.9. The number of carbonyl (C=O) groups is 2. The van der Waals surface area contributed by atoms with Crippen molar-refractivity contribution in [3.8, 4) is 0 Å². The van der Waals surface area contributed by atoms with Gasteiger partial charge in [-0.3, -0.25) is 9.69 Å². The highest BCUT2D eigenvalue weighted by molar-refractivity contribution is 5.75. The molecule has 2 amide bonds. The molecule has 2 N–H and O–H groups in total. The Morgan fingerprint density at radius 3 is 2.25 bits per heavy atom. The van der Waals surface area contributed by atoms with E-state index < -0.39 is 5.97 Å². The van der Waals surface area contributed by atoms with Crippen LogP contribution in [-0.2, 0) is 4.79 Å². The smallest absolute Gasteiger partial charge is 0.317 e. The molecule has 1 rings (SSSR count). The van der Waals surface area contributed by atoms with Crippen LogP contribution in [0.3, 0.4) is 0 Å². The molecule has 20 heavy (non-hydrogen) atoms. The number of likely N-dealkylation sites (N-methyl/N-ethyl adjacent to an activating group) is 1. The summed E-state index contributed by atoms with van der Waals surface area (Å²) >= 11 is 0. The minimum atomic E-state index is -0.795. The van der Waals surface area contributed by atoms with Crippen molar-refractivity contribution in [2.45, 2.75) is 58.7 Å². The lowest BCUT2D eigenvalue weighted by Gasteiger charge is -2.43. The van der Waals surface area contributed by atoms with Crippen LogP contribution in [0.4, 0.5) is 4.79 Å². The quantitative estimate of drug-likeness (QED) is 0.741. The van der Waals surface area contributed by atoms with E-state index in [1.165, 1.54) is 0 Å². The van der Waals surface area contributed by atoms with Crippen LogP contribution in [-0.4, -0.2) is 64.7 Å². The second-order valence-electron chi connectivity index (χ2n) is 5.61. The van der Waals surface area contributed by atoms with Gasteiger partial charge in [0.2, 0.25) is 0 Å². The molecule has 0 bridgehead atoms. The molecular formula is C14H27N3O3. The third-order valence-electron chi connectivity index (χ3n) is 3.93. The van der Waals surface area contributed by atoms with Crippen LogP contribution >= 0.6 is 0 Å². The summed E-state index contributed by atoms with van der Waals surface area (Å²) in [6, 6.07) is 0.612. The fraction of sp³-hybridized carbons (Fsp3) is 0.857. The average molecular weight is 285 g/mol. The highest BCUT2D eigenvalue weighted by Crippen LogP contribution is 2.25. The predicted molar refractivity (Wildman–Crippen MR) is 77.7 cm³/mol. The molecule has 1 aliphatic carbocycles. The summed E-state index contributed by atoms with van der Waals surface area (Å²) in [6.07, 6.45) is 1.67. The minimum Gasteiger partial charge on any atom is -0.480 e. The summed E-state index contributed by atoms with van der Waals surface area (Å²) in [5.74, 6) is -0.795. The van der Waals surface area contributed by atoms with E-state index in [1.54, 1.807) is 4.90 Å². The monoisotopic (exact) mass is 285 g/mol. The Morgan fingerprint density at radius 2 is 1.85 bits per heavy atom. The molecular weight excluding hydrogens is 258 g/mol. The second-order valence-corrected chi connectivity index (χ2v) is 5.61. The molecule has 6 nitrogen and oxygen atoms in total. The molecule has 6 heteroatoms. The predicted octanol–water partition coefficient (Wildman–Crippen LogP) is 1.36. The fourth-order valence-corrected chi connectivity index (χ4v) is 2.68. The maximum Gasteiger partial charge on any atom is 0.317 e.